The van der Waals surface area contributed by atoms with Crippen LogP contribution in [0.5, 0.6) is 0 Å². The fourth-order valence-electron chi connectivity index (χ4n) is 2.92. The molecule has 3 heterocycles. The van der Waals surface area contributed by atoms with Crippen molar-refractivity contribution in [3.63, 3.8) is 0 Å². The van der Waals surface area contributed by atoms with Gasteiger partial charge in [0.1, 0.15) is 0 Å². The van der Waals surface area contributed by atoms with Crippen molar-refractivity contribution >= 4 is 5.91 Å². The second-order valence-electron chi connectivity index (χ2n) is 6.41. The molecule has 0 aromatic carbocycles. The number of hydrogen-bond acceptors (Lipinski definition) is 5. The van der Waals surface area contributed by atoms with Crippen molar-refractivity contribution < 1.29 is 9.53 Å². The van der Waals surface area contributed by atoms with Crippen molar-refractivity contribution in [1.29, 1.82) is 0 Å². The number of amides is 1. The zero-order chi connectivity index (χ0) is 17.1. The Kier molecular flexibility index (Phi) is 4.89. The fraction of sp³-hybridized carbons (Fsp3) is 0.529. The molecule has 0 bridgehead atoms. The number of hydrogen-bond donors (Lipinski definition) is 0. The summed E-state index contributed by atoms with van der Waals surface area (Å²) in [5, 5.41) is 7.76. The zero-order valence-electron chi connectivity index (χ0n) is 14.3. The standard InChI is InChI=1S/C17H23N5O2/c1-12(2)16-15(5-4-13(3)19-16)17(23)21-8-9-24-14(10-21)11-22-7-6-18-20-22/h4-7,12,14H,8-11H2,1-3H3. The van der Waals surface area contributed by atoms with Crippen LogP contribution in [0.25, 0.3) is 0 Å². The summed E-state index contributed by atoms with van der Waals surface area (Å²) in [6.07, 6.45) is 3.36. The van der Waals surface area contributed by atoms with Crippen LogP contribution in [-0.2, 0) is 11.3 Å². The van der Waals surface area contributed by atoms with Gasteiger partial charge in [-0.3, -0.25) is 9.78 Å². The maximum absolute atomic E-state index is 13.0. The monoisotopic (exact) mass is 329 g/mol. The quantitative estimate of drug-likeness (QED) is 0.853. The van der Waals surface area contributed by atoms with Crippen molar-refractivity contribution in [2.45, 2.75) is 39.3 Å². The van der Waals surface area contributed by atoms with E-state index in [0.29, 0.717) is 31.8 Å². The highest BCUT2D eigenvalue weighted by Gasteiger charge is 2.27. The third-order valence-electron chi connectivity index (χ3n) is 4.13. The highest BCUT2D eigenvalue weighted by molar-refractivity contribution is 5.95. The molecule has 128 valence electrons. The molecule has 0 radical (unpaired) electrons. The van der Waals surface area contributed by atoms with Gasteiger partial charge in [-0.25, -0.2) is 4.68 Å². The molecule has 1 aliphatic heterocycles. The van der Waals surface area contributed by atoms with E-state index in [1.165, 1.54) is 0 Å². The molecule has 2 aromatic heterocycles. The van der Waals surface area contributed by atoms with Crippen molar-refractivity contribution in [3.05, 3.63) is 41.5 Å². The topological polar surface area (TPSA) is 73.1 Å². The van der Waals surface area contributed by atoms with Crippen LogP contribution in [0.4, 0.5) is 0 Å². The number of aromatic nitrogens is 4. The van der Waals surface area contributed by atoms with E-state index < -0.39 is 0 Å². The van der Waals surface area contributed by atoms with Gasteiger partial charge in [-0.15, -0.1) is 5.10 Å². The molecule has 7 nitrogen and oxygen atoms in total. The minimum Gasteiger partial charge on any atom is -0.373 e. The van der Waals surface area contributed by atoms with Gasteiger partial charge in [0.25, 0.3) is 5.91 Å². The van der Waals surface area contributed by atoms with Crippen LogP contribution in [0.15, 0.2) is 24.5 Å². The Hall–Kier alpha value is -2.28. The highest BCUT2D eigenvalue weighted by atomic mass is 16.5. The molecule has 1 aliphatic rings. The molecular weight excluding hydrogens is 306 g/mol. The van der Waals surface area contributed by atoms with Gasteiger partial charge >= 0.3 is 0 Å². The van der Waals surface area contributed by atoms with Gasteiger partial charge in [0.2, 0.25) is 0 Å². The van der Waals surface area contributed by atoms with Gasteiger partial charge in [-0.1, -0.05) is 19.1 Å². The average Bonchev–Trinajstić information content (AvgIpc) is 3.07. The SMILES string of the molecule is Cc1ccc(C(=O)N2CCOC(Cn3ccnn3)C2)c(C(C)C)n1. The first kappa shape index (κ1) is 16.6. The van der Waals surface area contributed by atoms with Crippen LogP contribution in [0, 0.1) is 6.92 Å². The Morgan fingerprint density at radius 2 is 2.25 bits per heavy atom. The molecule has 0 aliphatic carbocycles. The molecule has 1 fully saturated rings. The molecule has 0 N–H and O–H groups in total. The minimum absolute atomic E-state index is 0.0260. The fourth-order valence-corrected chi connectivity index (χ4v) is 2.92. The summed E-state index contributed by atoms with van der Waals surface area (Å²) in [6, 6.07) is 3.79. The van der Waals surface area contributed by atoms with Crippen molar-refractivity contribution in [1.82, 2.24) is 24.9 Å². The highest BCUT2D eigenvalue weighted by Crippen LogP contribution is 2.21. The van der Waals surface area contributed by atoms with Crippen LogP contribution in [0.2, 0.25) is 0 Å². The molecule has 1 atom stereocenters. The number of carbonyl (C=O) groups excluding carboxylic acids is 1. The van der Waals surface area contributed by atoms with Gasteiger partial charge in [0, 0.05) is 25.0 Å². The van der Waals surface area contributed by atoms with E-state index in [0.717, 1.165) is 11.4 Å². The smallest absolute Gasteiger partial charge is 0.255 e. The van der Waals surface area contributed by atoms with E-state index in [-0.39, 0.29) is 17.9 Å². The third-order valence-corrected chi connectivity index (χ3v) is 4.13. The lowest BCUT2D eigenvalue weighted by Gasteiger charge is -2.33. The first-order valence-electron chi connectivity index (χ1n) is 8.27. The van der Waals surface area contributed by atoms with Gasteiger partial charge in [0.15, 0.2) is 0 Å². The predicted octanol–water partition coefficient (Wildman–Crippen LogP) is 1.65. The lowest BCUT2D eigenvalue weighted by molar-refractivity contribution is -0.0302. The van der Waals surface area contributed by atoms with E-state index in [2.05, 4.69) is 29.1 Å². The average molecular weight is 329 g/mol. The summed E-state index contributed by atoms with van der Waals surface area (Å²) in [7, 11) is 0. The van der Waals surface area contributed by atoms with E-state index >= 15 is 0 Å². The summed E-state index contributed by atoms with van der Waals surface area (Å²) < 4.78 is 7.49. The van der Waals surface area contributed by atoms with Gasteiger partial charge in [-0.05, 0) is 25.0 Å². The Morgan fingerprint density at radius 3 is 2.96 bits per heavy atom. The van der Waals surface area contributed by atoms with E-state index in [1.807, 2.05) is 24.0 Å². The lowest BCUT2D eigenvalue weighted by atomic mass is 10.0. The van der Waals surface area contributed by atoms with E-state index in [1.54, 1.807) is 17.1 Å². The number of pyridine rings is 1. The van der Waals surface area contributed by atoms with Crippen molar-refractivity contribution in [3.8, 4) is 0 Å². The van der Waals surface area contributed by atoms with Crippen LogP contribution >= 0.6 is 0 Å². The van der Waals surface area contributed by atoms with Crippen LogP contribution in [0.1, 0.15) is 41.5 Å². The van der Waals surface area contributed by atoms with Gasteiger partial charge in [-0.2, -0.15) is 0 Å². The van der Waals surface area contributed by atoms with Crippen LogP contribution in [-0.4, -0.2) is 56.6 Å². The normalized spacial score (nSPS) is 18.2. The molecule has 1 amide bonds. The third kappa shape index (κ3) is 3.62. The number of aryl methyl sites for hydroxylation is 1. The first-order chi connectivity index (χ1) is 11.5. The summed E-state index contributed by atoms with van der Waals surface area (Å²) >= 11 is 0. The molecular formula is C17H23N5O2. The second-order valence-corrected chi connectivity index (χ2v) is 6.41. The summed E-state index contributed by atoms with van der Waals surface area (Å²) in [4.78, 5) is 19.4. The molecule has 0 saturated carbocycles. The molecule has 3 rings (SSSR count). The number of nitrogens with zero attached hydrogens (tertiary/aromatic N) is 5. The molecule has 7 heteroatoms. The summed E-state index contributed by atoms with van der Waals surface area (Å²) in [5.74, 6) is 0.230. The minimum atomic E-state index is -0.0784. The Bertz CT molecular complexity index is 699. The summed E-state index contributed by atoms with van der Waals surface area (Å²) in [5.41, 5.74) is 2.48. The number of rotatable bonds is 4. The maximum Gasteiger partial charge on any atom is 0.255 e. The Labute approximate surface area is 141 Å². The zero-order valence-corrected chi connectivity index (χ0v) is 14.3. The number of ether oxygens (including phenoxy) is 1. The largest absolute Gasteiger partial charge is 0.373 e. The predicted molar refractivity (Wildman–Crippen MR) is 88.7 cm³/mol. The number of morpholine rings is 1. The second kappa shape index (κ2) is 7.09. The Morgan fingerprint density at radius 1 is 1.42 bits per heavy atom. The molecule has 0 spiro atoms. The van der Waals surface area contributed by atoms with Crippen LogP contribution < -0.4 is 0 Å². The maximum atomic E-state index is 13.0. The molecule has 1 unspecified atom stereocenters. The molecule has 2 aromatic rings. The number of carbonyl (C=O) groups is 1. The van der Waals surface area contributed by atoms with Gasteiger partial charge in [0.05, 0.1) is 36.7 Å². The molecule has 1 saturated heterocycles. The van der Waals surface area contributed by atoms with Gasteiger partial charge < -0.3 is 9.64 Å². The molecule has 24 heavy (non-hydrogen) atoms. The Balaban J connectivity index is 1.75. The lowest BCUT2D eigenvalue weighted by Crippen LogP contribution is -2.47. The van der Waals surface area contributed by atoms with E-state index in [9.17, 15) is 4.79 Å². The van der Waals surface area contributed by atoms with Crippen LogP contribution in [0.3, 0.4) is 0 Å². The summed E-state index contributed by atoms with van der Waals surface area (Å²) in [6.45, 7) is 8.33. The van der Waals surface area contributed by atoms with Crippen molar-refractivity contribution in [2.24, 2.45) is 0 Å². The first-order valence-corrected chi connectivity index (χ1v) is 8.27. The van der Waals surface area contributed by atoms with Crippen molar-refractivity contribution in [2.75, 3.05) is 19.7 Å². The van der Waals surface area contributed by atoms with E-state index in [4.69, 9.17) is 4.74 Å².